The topological polar surface area (TPSA) is 20.3 Å². The van der Waals surface area contributed by atoms with Gasteiger partial charge in [0.05, 0.1) is 5.88 Å². The van der Waals surface area contributed by atoms with E-state index in [2.05, 4.69) is 0 Å². The fraction of sp³-hybridized carbons (Fsp3) is 0.133. The van der Waals surface area contributed by atoms with Gasteiger partial charge in [0, 0.05) is 10.6 Å². The molecule has 0 unspecified atom stereocenters. The van der Waals surface area contributed by atoms with Crippen molar-refractivity contribution in [3.8, 4) is 0 Å². The minimum Gasteiger partial charge on any atom is -0.305 e. The number of halogens is 1. The second kappa shape index (κ2) is 6.38. The molecule has 0 aliphatic carbocycles. The maximum atomic E-state index is 12.8. The third-order valence-corrected chi connectivity index (χ3v) is 3.91. The van der Waals surface area contributed by atoms with E-state index in [0.29, 0.717) is 11.6 Å². The number of hydrogen-bond donors (Lipinski definition) is 0. The van der Waals surface area contributed by atoms with E-state index in [-0.39, 0.29) is 5.82 Å². The number of nitrogens with zero attached hydrogens (tertiary/aromatic N) is 1. The van der Waals surface area contributed by atoms with E-state index in [4.69, 9.17) is 0 Å². The van der Waals surface area contributed by atoms with E-state index < -0.39 is 0 Å². The van der Waals surface area contributed by atoms with Crippen molar-refractivity contribution in [3.05, 3.63) is 59.9 Å². The van der Waals surface area contributed by atoms with Gasteiger partial charge in [-0.15, -0.1) is 11.8 Å². The Labute approximate surface area is 116 Å². The summed E-state index contributed by atoms with van der Waals surface area (Å²) in [5.41, 5.74) is 1.87. The number of hydrogen-bond acceptors (Lipinski definition) is 2. The summed E-state index contributed by atoms with van der Waals surface area (Å²) < 4.78 is 12.8. The summed E-state index contributed by atoms with van der Waals surface area (Å²) in [5, 5.41) is 0. The highest BCUT2D eigenvalue weighted by molar-refractivity contribution is 7.99. The molecule has 0 saturated carbocycles. The Balaban J connectivity index is 2.06. The number of anilines is 1. The van der Waals surface area contributed by atoms with Gasteiger partial charge in [-0.3, -0.25) is 4.79 Å². The first-order chi connectivity index (χ1) is 9.20. The van der Waals surface area contributed by atoms with Gasteiger partial charge >= 0.3 is 0 Å². The van der Waals surface area contributed by atoms with Crippen LogP contribution >= 0.6 is 11.8 Å². The van der Waals surface area contributed by atoms with Gasteiger partial charge in [-0.2, -0.15) is 0 Å². The van der Waals surface area contributed by atoms with E-state index in [1.165, 1.54) is 17.7 Å². The molecule has 0 saturated heterocycles. The van der Waals surface area contributed by atoms with Crippen LogP contribution in [0.25, 0.3) is 0 Å². The van der Waals surface area contributed by atoms with Crippen molar-refractivity contribution in [1.82, 2.24) is 0 Å². The third-order valence-electron chi connectivity index (χ3n) is 2.74. The molecule has 2 nitrogen and oxygen atoms in total. The summed E-state index contributed by atoms with van der Waals surface area (Å²) in [6.45, 7) is 2.03. The highest BCUT2D eigenvalue weighted by Crippen LogP contribution is 2.24. The number of carbonyl (C=O) groups is 1. The van der Waals surface area contributed by atoms with Gasteiger partial charge in [-0.05, 0) is 42.8 Å². The van der Waals surface area contributed by atoms with E-state index in [0.717, 1.165) is 11.3 Å². The summed E-state index contributed by atoms with van der Waals surface area (Å²) in [7, 11) is 0. The molecule has 0 aliphatic rings. The second-order valence-electron chi connectivity index (χ2n) is 4.09. The summed E-state index contributed by atoms with van der Waals surface area (Å²) in [6.07, 6.45) is 0.762. The first kappa shape index (κ1) is 13.6. The lowest BCUT2D eigenvalue weighted by Crippen LogP contribution is -2.20. The van der Waals surface area contributed by atoms with Crippen LogP contribution in [-0.4, -0.2) is 12.3 Å². The lowest BCUT2D eigenvalue weighted by Gasteiger charge is -2.17. The van der Waals surface area contributed by atoms with Crippen LogP contribution in [0.15, 0.2) is 53.4 Å². The van der Waals surface area contributed by atoms with Crippen LogP contribution in [0.4, 0.5) is 10.1 Å². The molecule has 0 bridgehead atoms. The number of benzene rings is 2. The number of aryl methyl sites for hydroxylation is 1. The summed E-state index contributed by atoms with van der Waals surface area (Å²) in [5.74, 6) is 0.196. The standard InChI is InChI=1S/C15H14FNOS/c1-12-4-2-3-5-15(12)19-11-17(10-18)14-8-6-13(16)7-9-14/h2-10H,11H2,1H3. The van der Waals surface area contributed by atoms with Gasteiger partial charge in [-0.1, -0.05) is 18.2 Å². The minimum atomic E-state index is -0.304. The van der Waals surface area contributed by atoms with Crippen LogP contribution in [0.2, 0.25) is 0 Å². The van der Waals surface area contributed by atoms with Gasteiger partial charge in [-0.25, -0.2) is 4.39 Å². The predicted octanol–water partition coefficient (Wildman–Crippen LogP) is 3.85. The normalized spacial score (nSPS) is 10.2. The quantitative estimate of drug-likeness (QED) is 0.469. The van der Waals surface area contributed by atoms with E-state index in [1.807, 2.05) is 31.2 Å². The fourth-order valence-electron chi connectivity index (χ4n) is 1.66. The third kappa shape index (κ3) is 3.58. The fourth-order valence-corrected chi connectivity index (χ4v) is 2.61. The van der Waals surface area contributed by atoms with Gasteiger partial charge in [0.2, 0.25) is 6.41 Å². The molecule has 2 aromatic carbocycles. The van der Waals surface area contributed by atoms with Crippen LogP contribution in [0, 0.1) is 12.7 Å². The number of amides is 1. The van der Waals surface area contributed by atoms with Crippen molar-refractivity contribution in [2.75, 3.05) is 10.8 Å². The van der Waals surface area contributed by atoms with E-state index in [9.17, 15) is 9.18 Å². The number of thioether (sulfide) groups is 1. The maximum Gasteiger partial charge on any atom is 0.214 e. The minimum absolute atomic E-state index is 0.304. The Bertz CT molecular complexity index is 556. The Kier molecular flexibility index (Phi) is 4.58. The first-order valence-corrected chi connectivity index (χ1v) is 6.85. The van der Waals surface area contributed by atoms with Crippen LogP contribution in [-0.2, 0) is 4.79 Å². The molecule has 0 aliphatic heterocycles. The molecule has 0 heterocycles. The van der Waals surface area contributed by atoms with Crippen molar-refractivity contribution in [2.45, 2.75) is 11.8 Å². The molecule has 0 radical (unpaired) electrons. The number of rotatable bonds is 5. The highest BCUT2D eigenvalue weighted by atomic mass is 32.2. The smallest absolute Gasteiger partial charge is 0.214 e. The van der Waals surface area contributed by atoms with Gasteiger partial charge in [0.25, 0.3) is 0 Å². The molecule has 98 valence electrons. The molecule has 19 heavy (non-hydrogen) atoms. The zero-order chi connectivity index (χ0) is 13.7. The predicted molar refractivity (Wildman–Crippen MR) is 76.8 cm³/mol. The zero-order valence-electron chi connectivity index (χ0n) is 10.5. The largest absolute Gasteiger partial charge is 0.305 e. The monoisotopic (exact) mass is 275 g/mol. The SMILES string of the molecule is Cc1ccccc1SCN(C=O)c1ccc(F)cc1. The Morgan fingerprint density at radius 3 is 2.47 bits per heavy atom. The Hall–Kier alpha value is -1.81. The average Bonchev–Trinajstić information content (AvgIpc) is 2.43. The molecule has 4 heteroatoms. The number of carbonyl (C=O) groups excluding carboxylic acids is 1. The van der Waals surface area contributed by atoms with E-state index >= 15 is 0 Å². The van der Waals surface area contributed by atoms with Crippen molar-refractivity contribution in [2.24, 2.45) is 0 Å². The molecule has 0 N–H and O–H groups in total. The summed E-state index contributed by atoms with van der Waals surface area (Å²) >= 11 is 1.58. The Morgan fingerprint density at radius 2 is 1.84 bits per heavy atom. The first-order valence-electron chi connectivity index (χ1n) is 5.86. The molecule has 2 aromatic rings. The molecule has 1 amide bonds. The lowest BCUT2D eigenvalue weighted by molar-refractivity contribution is -0.107. The molecule has 0 spiro atoms. The van der Waals surface area contributed by atoms with Crippen LogP contribution in [0.3, 0.4) is 0 Å². The van der Waals surface area contributed by atoms with Crippen LogP contribution < -0.4 is 4.90 Å². The van der Waals surface area contributed by atoms with Crippen molar-refractivity contribution in [3.63, 3.8) is 0 Å². The van der Waals surface area contributed by atoms with Crippen molar-refractivity contribution in [1.29, 1.82) is 0 Å². The maximum absolute atomic E-state index is 12.8. The average molecular weight is 275 g/mol. The summed E-state index contributed by atoms with van der Waals surface area (Å²) in [6, 6.07) is 13.9. The van der Waals surface area contributed by atoms with Gasteiger partial charge < -0.3 is 4.90 Å². The molecular weight excluding hydrogens is 261 g/mol. The van der Waals surface area contributed by atoms with E-state index in [1.54, 1.807) is 28.8 Å². The van der Waals surface area contributed by atoms with Crippen molar-refractivity contribution >= 4 is 23.9 Å². The van der Waals surface area contributed by atoms with Crippen LogP contribution in [0.1, 0.15) is 5.56 Å². The molecule has 0 fully saturated rings. The van der Waals surface area contributed by atoms with Crippen LogP contribution in [0.5, 0.6) is 0 Å². The molecule has 2 rings (SSSR count). The van der Waals surface area contributed by atoms with Crippen molar-refractivity contribution < 1.29 is 9.18 Å². The Morgan fingerprint density at radius 1 is 1.16 bits per heavy atom. The zero-order valence-corrected chi connectivity index (χ0v) is 11.4. The summed E-state index contributed by atoms with van der Waals surface area (Å²) in [4.78, 5) is 13.8. The van der Waals surface area contributed by atoms with Gasteiger partial charge in [0.15, 0.2) is 0 Å². The lowest BCUT2D eigenvalue weighted by atomic mass is 10.2. The van der Waals surface area contributed by atoms with Gasteiger partial charge in [0.1, 0.15) is 5.82 Å². The molecule has 0 aromatic heterocycles. The molecule has 0 atom stereocenters. The highest BCUT2D eigenvalue weighted by Gasteiger charge is 2.07. The molecular formula is C15H14FNOS. The second-order valence-corrected chi connectivity index (χ2v) is 5.08.